The molecular formula is C32H50N2. The highest BCUT2D eigenvalue weighted by molar-refractivity contribution is 5.97. The van der Waals surface area contributed by atoms with Gasteiger partial charge in [-0.2, -0.15) is 0 Å². The number of aromatic amines is 1. The summed E-state index contributed by atoms with van der Waals surface area (Å²) in [7, 11) is 0. The molecule has 0 aliphatic carbocycles. The topological polar surface area (TPSA) is 28.1 Å². The Bertz CT molecular complexity index is 1110. The molecule has 0 bridgehead atoms. The van der Waals surface area contributed by atoms with E-state index in [-0.39, 0.29) is 25.7 Å². The molecule has 1 N–H and O–H groups in total. The monoisotopic (exact) mass is 462 g/mol. The summed E-state index contributed by atoms with van der Waals surface area (Å²) in [6.45, 7) is 22.4. The maximum absolute atomic E-state index is 4.81. The van der Waals surface area contributed by atoms with Gasteiger partial charge in [-0.3, -0.25) is 4.99 Å². The second-order valence-corrected chi connectivity index (χ2v) is 12.0. The van der Waals surface area contributed by atoms with Crippen molar-refractivity contribution in [2.24, 2.45) is 10.4 Å². The number of nitrogens with zero attached hydrogens (tertiary/aromatic N) is 1. The molecule has 0 atom stereocenters. The number of hydrogen-bond donors (Lipinski definition) is 1. The van der Waals surface area contributed by atoms with Crippen LogP contribution >= 0.6 is 0 Å². The molecule has 3 aromatic rings. The predicted octanol–water partition coefficient (Wildman–Crippen LogP) is 10.3. The molecular weight excluding hydrogens is 412 g/mol. The van der Waals surface area contributed by atoms with E-state index in [0.717, 1.165) is 6.42 Å². The smallest absolute Gasteiger partial charge is 0.0668 e. The summed E-state index contributed by atoms with van der Waals surface area (Å²) in [5.74, 6) is 1.17. The van der Waals surface area contributed by atoms with E-state index in [2.05, 4.69) is 117 Å². The summed E-state index contributed by atoms with van der Waals surface area (Å²) < 4.78 is 0. The number of hydrogen-bond acceptors (Lipinski definition) is 1. The van der Waals surface area contributed by atoms with Gasteiger partial charge in [0.25, 0.3) is 0 Å². The van der Waals surface area contributed by atoms with Gasteiger partial charge in [0.05, 0.1) is 5.69 Å². The van der Waals surface area contributed by atoms with Crippen molar-refractivity contribution in [3.8, 4) is 0 Å². The van der Waals surface area contributed by atoms with Crippen LogP contribution in [-0.4, -0.2) is 10.7 Å². The fourth-order valence-corrected chi connectivity index (χ4v) is 3.92. The third kappa shape index (κ3) is 6.84. The van der Waals surface area contributed by atoms with Crippen LogP contribution in [0, 0.1) is 5.41 Å². The maximum Gasteiger partial charge on any atom is 0.0668 e. The third-order valence-electron chi connectivity index (χ3n) is 6.39. The molecule has 0 radical (unpaired) electrons. The van der Waals surface area contributed by atoms with E-state index in [0.29, 0.717) is 11.8 Å². The second kappa shape index (κ2) is 10.9. The lowest BCUT2D eigenvalue weighted by Crippen LogP contribution is -2.19. The Kier molecular flexibility index (Phi) is 9.54. The lowest BCUT2D eigenvalue weighted by atomic mass is 9.85. The first-order chi connectivity index (χ1) is 14.8. The summed E-state index contributed by atoms with van der Waals surface area (Å²) in [6, 6.07) is 15.7. The van der Waals surface area contributed by atoms with Gasteiger partial charge in [-0.15, -0.1) is 0 Å². The van der Waals surface area contributed by atoms with Gasteiger partial charge in [-0.25, -0.2) is 0 Å². The van der Waals surface area contributed by atoms with Crippen molar-refractivity contribution in [2.45, 2.75) is 108 Å². The molecule has 34 heavy (non-hydrogen) atoms. The van der Waals surface area contributed by atoms with Gasteiger partial charge in [-0.05, 0) is 57.5 Å². The highest BCUT2D eigenvalue weighted by Gasteiger charge is 2.26. The summed E-state index contributed by atoms with van der Waals surface area (Å²) in [5, 5.41) is 1.32. The molecule has 4 rings (SSSR count). The lowest BCUT2D eigenvalue weighted by Gasteiger charge is -2.19. The summed E-state index contributed by atoms with van der Waals surface area (Å²) in [6.07, 6.45) is 1.02. The van der Waals surface area contributed by atoms with Crippen molar-refractivity contribution in [1.82, 2.24) is 4.98 Å². The molecule has 2 heteroatoms. The minimum Gasteiger partial charge on any atom is -0.358 e. The number of benzene rings is 2. The van der Waals surface area contributed by atoms with E-state index in [1.54, 1.807) is 0 Å². The normalized spacial score (nSPS) is 13.1. The molecule has 1 aliphatic rings. The number of aliphatic imine (C=N–C) groups is 1. The van der Waals surface area contributed by atoms with Crippen molar-refractivity contribution in [3.05, 3.63) is 64.8 Å². The van der Waals surface area contributed by atoms with E-state index in [1.807, 2.05) is 0 Å². The van der Waals surface area contributed by atoms with Crippen LogP contribution in [-0.2, 0) is 11.8 Å². The average Bonchev–Trinajstić information content (AvgIpc) is 3.30. The Morgan fingerprint density at radius 3 is 1.94 bits per heavy atom. The highest BCUT2D eigenvalue weighted by Crippen LogP contribution is 2.36. The molecule has 0 unspecified atom stereocenters. The SMILES string of the molecule is C.C.CC(C)(C)C1=Nc2cc(C(C)(C)C)ccc2C1.CC(C)c1ccc2cc(C(C)C)[nH]c2c1. The molecule has 0 fully saturated rings. The van der Waals surface area contributed by atoms with Crippen LogP contribution in [0.1, 0.15) is 118 Å². The van der Waals surface area contributed by atoms with Gasteiger partial charge in [0, 0.05) is 28.8 Å². The molecule has 1 aromatic heterocycles. The fourth-order valence-electron chi connectivity index (χ4n) is 3.92. The number of fused-ring (bicyclic) bond motifs is 2. The number of aromatic nitrogens is 1. The second-order valence-electron chi connectivity index (χ2n) is 12.0. The zero-order valence-electron chi connectivity index (χ0n) is 21.9. The molecule has 2 aromatic carbocycles. The molecule has 2 heterocycles. The van der Waals surface area contributed by atoms with Crippen LogP contribution in [0.4, 0.5) is 5.69 Å². The third-order valence-corrected chi connectivity index (χ3v) is 6.39. The molecule has 0 saturated heterocycles. The number of nitrogens with one attached hydrogen (secondary N) is 1. The average molecular weight is 463 g/mol. The van der Waals surface area contributed by atoms with Crippen molar-refractivity contribution in [3.63, 3.8) is 0 Å². The molecule has 0 saturated carbocycles. The van der Waals surface area contributed by atoms with Crippen LogP contribution < -0.4 is 0 Å². The van der Waals surface area contributed by atoms with E-state index < -0.39 is 0 Å². The summed E-state index contributed by atoms with van der Waals surface area (Å²) in [5.41, 5.74) is 9.62. The van der Waals surface area contributed by atoms with Crippen molar-refractivity contribution in [2.75, 3.05) is 0 Å². The van der Waals surface area contributed by atoms with Gasteiger partial charge >= 0.3 is 0 Å². The molecule has 0 amide bonds. The van der Waals surface area contributed by atoms with Crippen LogP contribution in [0.5, 0.6) is 0 Å². The minimum absolute atomic E-state index is 0. The Labute approximate surface area is 210 Å². The van der Waals surface area contributed by atoms with Crippen molar-refractivity contribution < 1.29 is 0 Å². The van der Waals surface area contributed by atoms with Gasteiger partial charge < -0.3 is 4.98 Å². The maximum atomic E-state index is 4.81. The number of rotatable bonds is 2. The standard InChI is InChI=1S/C16H23N.C14H19N.2CH4/c1-15(2,3)12-8-7-11-9-14(16(4,5)6)17-13(11)10-12;1-9(2)11-5-6-12-8-13(10(3)4)15-14(12)7-11;;/h7-8,10H,9H2,1-6H3;5-10,15H,1-4H3;2*1H4. The Balaban J connectivity index is 0.000000323. The summed E-state index contributed by atoms with van der Waals surface area (Å²) >= 11 is 0. The van der Waals surface area contributed by atoms with Gasteiger partial charge in [0.1, 0.15) is 0 Å². The Hall–Kier alpha value is -2.35. The summed E-state index contributed by atoms with van der Waals surface area (Å²) in [4.78, 5) is 8.30. The van der Waals surface area contributed by atoms with Crippen LogP contribution in [0.3, 0.4) is 0 Å². The van der Waals surface area contributed by atoms with E-state index in [1.165, 1.54) is 44.7 Å². The Morgan fingerprint density at radius 2 is 1.41 bits per heavy atom. The largest absolute Gasteiger partial charge is 0.358 e. The predicted molar refractivity (Wildman–Crippen MR) is 155 cm³/mol. The van der Waals surface area contributed by atoms with Crippen LogP contribution in [0.2, 0.25) is 0 Å². The van der Waals surface area contributed by atoms with E-state index in [4.69, 9.17) is 4.99 Å². The van der Waals surface area contributed by atoms with Crippen LogP contribution in [0.15, 0.2) is 47.5 Å². The first kappa shape index (κ1) is 29.7. The molecule has 0 spiro atoms. The highest BCUT2D eigenvalue weighted by atomic mass is 14.8. The van der Waals surface area contributed by atoms with Crippen LogP contribution in [0.25, 0.3) is 10.9 Å². The zero-order chi connectivity index (χ0) is 23.8. The van der Waals surface area contributed by atoms with E-state index in [9.17, 15) is 0 Å². The van der Waals surface area contributed by atoms with E-state index >= 15 is 0 Å². The quantitative estimate of drug-likeness (QED) is 0.392. The molecule has 1 aliphatic heterocycles. The first-order valence-electron chi connectivity index (χ1n) is 12.1. The Morgan fingerprint density at radius 1 is 0.765 bits per heavy atom. The van der Waals surface area contributed by atoms with Gasteiger partial charge in [0.15, 0.2) is 0 Å². The van der Waals surface area contributed by atoms with Crippen molar-refractivity contribution in [1.29, 1.82) is 0 Å². The number of H-pyrrole nitrogens is 1. The molecule has 188 valence electrons. The fraction of sp³-hybridized carbons (Fsp3) is 0.531. The lowest BCUT2D eigenvalue weighted by molar-refractivity contribution is 0.584. The first-order valence-corrected chi connectivity index (χ1v) is 12.1. The zero-order valence-corrected chi connectivity index (χ0v) is 21.9. The van der Waals surface area contributed by atoms with Crippen molar-refractivity contribution >= 4 is 22.3 Å². The molecule has 2 nitrogen and oxygen atoms in total. The van der Waals surface area contributed by atoms with Gasteiger partial charge in [0.2, 0.25) is 0 Å². The minimum atomic E-state index is 0. The van der Waals surface area contributed by atoms with Gasteiger partial charge in [-0.1, -0.05) is 108 Å².